The van der Waals surface area contributed by atoms with Crippen molar-refractivity contribution in [3.63, 3.8) is 0 Å². The van der Waals surface area contributed by atoms with Crippen molar-refractivity contribution >= 4 is 0 Å². The average molecular weight is 209 g/mol. The van der Waals surface area contributed by atoms with Gasteiger partial charge in [-0.25, -0.2) is 0 Å². The van der Waals surface area contributed by atoms with E-state index in [1.54, 1.807) is 0 Å². The summed E-state index contributed by atoms with van der Waals surface area (Å²) in [4.78, 5) is 0. The lowest BCUT2D eigenvalue weighted by molar-refractivity contribution is 0.184. The Bertz CT molecular complexity index is 201. The summed E-state index contributed by atoms with van der Waals surface area (Å²) in [5.41, 5.74) is 1.91. The van der Waals surface area contributed by atoms with E-state index in [4.69, 9.17) is 0 Å². The number of hydrogen-bond donors (Lipinski definition) is 1. The van der Waals surface area contributed by atoms with E-state index in [2.05, 4.69) is 32.8 Å². The summed E-state index contributed by atoms with van der Waals surface area (Å²) in [6.45, 7) is 8.51. The van der Waals surface area contributed by atoms with Gasteiger partial charge >= 0.3 is 0 Å². The Labute approximate surface area is 95.3 Å². The van der Waals surface area contributed by atoms with Gasteiger partial charge < -0.3 is 5.32 Å². The van der Waals surface area contributed by atoms with Crippen molar-refractivity contribution in [1.29, 1.82) is 0 Å². The molecule has 0 aliphatic heterocycles. The summed E-state index contributed by atoms with van der Waals surface area (Å²) in [7, 11) is 2.12. The molecule has 0 amide bonds. The van der Waals surface area contributed by atoms with Crippen molar-refractivity contribution in [3.05, 3.63) is 12.2 Å². The van der Waals surface area contributed by atoms with E-state index >= 15 is 0 Å². The van der Waals surface area contributed by atoms with Gasteiger partial charge in [-0.2, -0.15) is 0 Å². The molecule has 1 aliphatic carbocycles. The Kier molecular flexibility index (Phi) is 4.85. The maximum atomic E-state index is 4.01. The second-order valence-corrected chi connectivity index (χ2v) is 5.26. The van der Waals surface area contributed by atoms with Gasteiger partial charge in [0, 0.05) is 6.04 Å². The van der Waals surface area contributed by atoms with Crippen molar-refractivity contribution in [3.8, 4) is 0 Å². The molecule has 1 nitrogen and oxygen atoms in total. The zero-order valence-electron chi connectivity index (χ0n) is 10.7. The smallest absolute Gasteiger partial charge is 0.0123 e. The molecular formula is C14H27N. The molecular weight excluding hydrogens is 182 g/mol. The van der Waals surface area contributed by atoms with Crippen molar-refractivity contribution in [1.82, 2.24) is 5.32 Å². The molecule has 0 aromatic carbocycles. The third-order valence-corrected chi connectivity index (χ3v) is 4.25. The van der Waals surface area contributed by atoms with Crippen molar-refractivity contribution in [2.24, 2.45) is 5.41 Å². The summed E-state index contributed by atoms with van der Waals surface area (Å²) in [5.74, 6) is 0. The van der Waals surface area contributed by atoms with Crippen LogP contribution in [0, 0.1) is 5.41 Å². The van der Waals surface area contributed by atoms with Gasteiger partial charge in [0.25, 0.3) is 0 Å². The van der Waals surface area contributed by atoms with Crippen LogP contribution < -0.4 is 5.32 Å². The van der Waals surface area contributed by atoms with Gasteiger partial charge in [0.2, 0.25) is 0 Å². The fraction of sp³-hybridized carbons (Fsp3) is 0.857. The van der Waals surface area contributed by atoms with Crippen LogP contribution >= 0.6 is 0 Å². The first-order chi connectivity index (χ1) is 7.14. The monoisotopic (exact) mass is 209 g/mol. The number of rotatable bonds is 6. The summed E-state index contributed by atoms with van der Waals surface area (Å²) in [5, 5.41) is 3.55. The fourth-order valence-corrected chi connectivity index (χ4v) is 3.17. The molecule has 15 heavy (non-hydrogen) atoms. The topological polar surface area (TPSA) is 12.0 Å². The van der Waals surface area contributed by atoms with Crippen LogP contribution in [0.1, 0.15) is 58.8 Å². The number of hydrogen-bond acceptors (Lipinski definition) is 1. The van der Waals surface area contributed by atoms with Gasteiger partial charge in [-0.1, -0.05) is 25.3 Å². The molecule has 1 fully saturated rings. The minimum atomic E-state index is 0.588. The molecule has 88 valence electrons. The highest BCUT2D eigenvalue weighted by Crippen LogP contribution is 2.45. The minimum Gasteiger partial charge on any atom is -0.316 e. The van der Waals surface area contributed by atoms with Gasteiger partial charge in [-0.15, -0.1) is 6.58 Å². The van der Waals surface area contributed by atoms with Gasteiger partial charge in [-0.3, -0.25) is 0 Å². The predicted molar refractivity (Wildman–Crippen MR) is 68.1 cm³/mol. The standard InChI is InChI=1S/C14H27N/c1-5-14(10-6-7-11-14)13(15-4)9-8-12(2)3/h13,15H,2,5-11H2,1,3-4H3. The number of nitrogens with one attached hydrogen (secondary N) is 1. The van der Waals surface area contributed by atoms with Crippen LogP contribution in [-0.2, 0) is 0 Å². The molecule has 0 heterocycles. The van der Waals surface area contributed by atoms with Crippen LogP contribution in [0.5, 0.6) is 0 Å². The molecule has 0 aromatic rings. The fourth-order valence-electron chi connectivity index (χ4n) is 3.17. The maximum Gasteiger partial charge on any atom is 0.0123 e. The highest BCUT2D eigenvalue weighted by atomic mass is 14.9. The third-order valence-electron chi connectivity index (χ3n) is 4.25. The van der Waals surface area contributed by atoms with E-state index in [1.165, 1.54) is 50.5 Å². The van der Waals surface area contributed by atoms with Crippen LogP contribution in [0.4, 0.5) is 0 Å². The SMILES string of the molecule is C=C(C)CCC(NC)C1(CC)CCCC1. The molecule has 1 saturated carbocycles. The minimum absolute atomic E-state index is 0.588. The highest BCUT2D eigenvalue weighted by Gasteiger charge is 2.38. The lowest BCUT2D eigenvalue weighted by Crippen LogP contribution is -2.41. The lowest BCUT2D eigenvalue weighted by Gasteiger charge is -2.37. The first-order valence-corrected chi connectivity index (χ1v) is 6.46. The largest absolute Gasteiger partial charge is 0.316 e. The Morgan fingerprint density at radius 3 is 2.40 bits per heavy atom. The van der Waals surface area contributed by atoms with E-state index in [0.29, 0.717) is 11.5 Å². The molecule has 0 bridgehead atoms. The molecule has 1 aliphatic rings. The van der Waals surface area contributed by atoms with Crippen LogP contribution in [-0.4, -0.2) is 13.1 Å². The molecule has 0 saturated heterocycles. The average Bonchev–Trinajstić information content (AvgIpc) is 2.68. The quantitative estimate of drug-likeness (QED) is 0.654. The molecule has 1 N–H and O–H groups in total. The zero-order valence-corrected chi connectivity index (χ0v) is 10.7. The van der Waals surface area contributed by atoms with Crippen LogP contribution in [0.2, 0.25) is 0 Å². The first kappa shape index (κ1) is 12.8. The zero-order chi connectivity index (χ0) is 11.3. The molecule has 1 atom stereocenters. The molecule has 1 unspecified atom stereocenters. The Hall–Kier alpha value is -0.300. The maximum absolute atomic E-state index is 4.01. The molecule has 1 heteroatoms. The van der Waals surface area contributed by atoms with Crippen molar-refractivity contribution < 1.29 is 0 Å². The van der Waals surface area contributed by atoms with Gasteiger partial charge in [0.1, 0.15) is 0 Å². The second-order valence-electron chi connectivity index (χ2n) is 5.26. The van der Waals surface area contributed by atoms with E-state index in [-0.39, 0.29) is 0 Å². The predicted octanol–water partition coefficient (Wildman–Crippen LogP) is 3.90. The second kappa shape index (κ2) is 5.69. The number of allylic oxidation sites excluding steroid dienone is 1. The summed E-state index contributed by atoms with van der Waals surface area (Å²) in [6.07, 6.45) is 9.47. The van der Waals surface area contributed by atoms with Crippen LogP contribution in [0.3, 0.4) is 0 Å². The Morgan fingerprint density at radius 1 is 1.40 bits per heavy atom. The van der Waals surface area contributed by atoms with Gasteiger partial charge in [0.05, 0.1) is 0 Å². The van der Waals surface area contributed by atoms with Crippen LogP contribution in [0.15, 0.2) is 12.2 Å². The first-order valence-electron chi connectivity index (χ1n) is 6.46. The van der Waals surface area contributed by atoms with Crippen LogP contribution in [0.25, 0.3) is 0 Å². The van der Waals surface area contributed by atoms with Crippen molar-refractivity contribution in [2.75, 3.05) is 7.05 Å². The molecule has 0 aromatic heterocycles. The molecule has 0 spiro atoms. The Balaban J connectivity index is 2.57. The van der Waals surface area contributed by atoms with Gasteiger partial charge in [0.15, 0.2) is 0 Å². The van der Waals surface area contributed by atoms with E-state index in [0.717, 1.165) is 0 Å². The van der Waals surface area contributed by atoms with Crippen molar-refractivity contribution in [2.45, 2.75) is 64.8 Å². The van der Waals surface area contributed by atoms with E-state index in [9.17, 15) is 0 Å². The molecule has 1 rings (SSSR count). The highest BCUT2D eigenvalue weighted by molar-refractivity contribution is 4.97. The summed E-state index contributed by atoms with van der Waals surface area (Å²) < 4.78 is 0. The normalized spacial score (nSPS) is 21.5. The summed E-state index contributed by atoms with van der Waals surface area (Å²) >= 11 is 0. The third kappa shape index (κ3) is 3.07. The lowest BCUT2D eigenvalue weighted by atomic mass is 9.74. The van der Waals surface area contributed by atoms with E-state index < -0.39 is 0 Å². The summed E-state index contributed by atoms with van der Waals surface area (Å²) in [6, 6.07) is 0.696. The van der Waals surface area contributed by atoms with Gasteiger partial charge in [-0.05, 0) is 51.5 Å². The van der Waals surface area contributed by atoms with E-state index in [1.807, 2.05) is 0 Å². The Morgan fingerprint density at radius 2 is 2.00 bits per heavy atom. The molecule has 0 radical (unpaired) electrons.